The molecule has 1 aromatic rings. The van der Waals surface area contributed by atoms with Crippen molar-refractivity contribution in [2.45, 2.75) is 45.3 Å². The van der Waals surface area contributed by atoms with E-state index in [1.807, 2.05) is 6.92 Å². The Hall–Kier alpha value is -1.46. The second-order valence-corrected chi connectivity index (χ2v) is 4.33. The van der Waals surface area contributed by atoms with E-state index in [0.29, 0.717) is 5.56 Å². The number of hydrogen-bond donors (Lipinski definition) is 0. The van der Waals surface area contributed by atoms with Gasteiger partial charge in [-0.05, 0) is 37.0 Å². The van der Waals surface area contributed by atoms with Crippen molar-refractivity contribution in [2.75, 3.05) is 0 Å². The minimum Gasteiger partial charge on any atom is -0.435 e. The van der Waals surface area contributed by atoms with Crippen LogP contribution in [0.3, 0.4) is 0 Å². The lowest BCUT2D eigenvalue weighted by atomic mass is 9.95. The molecule has 0 saturated heterocycles. The van der Waals surface area contributed by atoms with Gasteiger partial charge in [0.15, 0.2) is 0 Å². The maximum Gasteiger partial charge on any atom is 0.387 e. The van der Waals surface area contributed by atoms with Crippen LogP contribution in [-0.4, -0.2) is 13.2 Å². The molecule has 0 spiro atoms. The molecule has 6 heteroatoms. The van der Waals surface area contributed by atoms with E-state index in [2.05, 4.69) is 16.4 Å². The highest BCUT2D eigenvalue weighted by atomic mass is 19.3. The first-order valence-electron chi connectivity index (χ1n) is 6.30. The molecule has 0 aromatic heterocycles. The molecular formula is C14H17F4O2. The Bertz CT molecular complexity index is 382. The highest BCUT2D eigenvalue weighted by Crippen LogP contribution is 2.31. The molecule has 20 heavy (non-hydrogen) atoms. The molecule has 0 saturated carbocycles. The van der Waals surface area contributed by atoms with Crippen LogP contribution in [0.15, 0.2) is 18.2 Å². The van der Waals surface area contributed by atoms with Gasteiger partial charge in [0, 0.05) is 6.07 Å². The number of alkyl halides is 4. The average Bonchev–Trinajstić information content (AvgIpc) is 2.33. The lowest BCUT2D eigenvalue weighted by Crippen LogP contribution is -2.06. The van der Waals surface area contributed by atoms with Crippen LogP contribution in [0.1, 0.15) is 37.7 Å². The van der Waals surface area contributed by atoms with Crippen molar-refractivity contribution in [3.05, 3.63) is 30.7 Å². The van der Waals surface area contributed by atoms with Crippen molar-refractivity contribution in [3.63, 3.8) is 0 Å². The summed E-state index contributed by atoms with van der Waals surface area (Å²) in [4.78, 5) is 0. The molecule has 0 amide bonds. The summed E-state index contributed by atoms with van der Waals surface area (Å²) in [6, 6.07) is 3.75. The predicted molar refractivity (Wildman–Crippen MR) is 67.3 cm³/mol. The van der Waals surface area contributed by atoms with Crippen LogP contribution in [0.25, 0.3) is 0 Å². The molecule has 0 aliphatic heterocycles. The van der Waals surface area contributed by atoms with Crippen LogP contribution in [0.2, 0.25) is 0 Å². The highest BCUT2D eigenvalue weighted by molar-refractivity contribution is 5.40. The molecule has 0 N–H and O–H groups in total. The molecule has 0 aliphatic carbocycles. The molecule has 1 rings (SSSR count). The third-order valence-corrected chi connectivity index (χ3v) is 2.73. The van der Waals surface area contributed by atoms with Crippen LogP contribution in [0.4, 0.5) is 17.6 Å². The lowest BCUT2D eigenvalue weighted by molar-refractivity contribution is -0.0543. The van der Waals surface area contributed by atoms with E-state index in [1.165, 1.54) is 12.1 Å². The van der Waals surface area contributed by atoms with Crippen molar-refractivity contribution >= 4 is 0 Å². The van der Waals surface area contributed by atoms with Crippen LogP contribution >= 0.6 is 0 Å². The molecule has 1 atom stereocenters. The van der Waals surface area contributed by atoms with Crippen molar-refractivity contribution in [2.24, 2.45) is 0 Å². The van der Waals surface area contributed by atoms with Crippen LogP contribution in [-0.2, 0) is 0 Å². The fourth-order valence-electron chi connectivity index (χ4n) is 1.79. The molecule has 0 heterocycles. The van der Waals surface area contributed by atoms with Gasteiger partial charge in [0.25, 0.3) is 0 Å². The van der Waals surface area contributed by atoms with Crippen LogP contribution in [0, 0.1) is 6.92 Å². The average molecular weight is 293 g/mol. The quantitative estimate of drug-likeness (QED) is 0.628. The molecule has 0 aliphatic rings. The van der Waals surface area contributed by atoms with Gasteiger partial charge >= 0.3 is 13.2 Å². The minimum atomic E-state index is -3.02. The first kappa shape index (κ1) is 16.6. The van der Waals surface area contributed by atoms with Crippen molar-refractivity contribution in [1.29, 1.82) is 0 Å². The number of halogens is 4. The second-order valence-electron chi connectivity index (χ2n) is 4.33. The molecule has 1 aromatic carbocycles. The number of rotatable bonds is 8. The Labute approximate surface area is 115 Å². The summed E-state index contributed by atoms with van der Waals surface area (Å²) in [5, 5.41) is 0. The monoisotopic (exact) mass is 293 g/mol. The van der Waals surface area contributed by atoms with E-state index in [1.54, 1.807) is 0 Å². The van der Waals surface area contributed by atoms with E-state index in [-0.39, 0.29) is 17.4 Å². The molecule has 113 valence electrons. The van der Waals surface area contributed by atoms with E-state index < -0.39 is 13.2 Å². The summed E-state index contributed by atoms with van der Waals surface area (Å²) < 4.78 is 57.4. The van der Waals surface area contributed by atoms with Gasteiger partial charge in [0.1, 0.15) is 11.5 Å². The Kier molecular flexibility index (Phi) is 6.61. The third-order valence-electron chi connectivity index (χ3n) is 2.73. The summed E-state index contributed by atoms with van der Waals surface area (Å²) in [6.07, 6.45) is 2.58. The zero-order valence-electron chi connectivity index (χ0n) is 11.1. The molecule has 0 bridgehead atoms. The summed E-state index contributed by atoms with van der Waals surface area (Å²) in [7, 11) is 0. The van der Waals surface area contributed by atoms with Gasteiger partial charge in [-0.25, -0.2) is 0 Å². The first-order chi connectivity index (χ1) is 9.42. The second kappa shape index (κ2) is 7.97. The standard InChI is InChI=1S/C14H17F4O2/c1-3-4-5-9(2)10-6-11(19-13(15)16)8-12(7-10)20-14(17)18/h6-9,13-14H,2-5H2,1H3. The molecule has 0 fully saturated rings. The number of hydrogen-bond acceptors (Lipinski definition) is 2. The smallest absolute Gasteiger partial charge is 0.387 e. The first-order valence-corrected chi connectivity index (χ1v) is 6.30. The highest BCUT2D eigenvalue weighted by Gasteiger charge is 2.14. The van der Waals surface area contributed by atoms with Gasteiger partial charge in [-0.1, -0.05) is 19.8 Å². The maximum atomic E-state index is 12.2. The van der Waals surface area contributed by atoms with Gasteiger partial charge < -0.3 is 9.47 Å². The SMILES string of the molecule is [CH2]C(CCCC)c1cc(OC(F)F)cc(OC(F)F)c1. The summed E-state index contributed by atoms with van der Waals surface area (Å²) in [5.74, 6) is -0.618. The minimum absolute atomic E-state index is 0.198. The zero-order chi connectivity index (χ0) is 15.1. The van der Waals surface area contributed by atoms with E-state index in [4.69, 9.17) is 0 Å². The van der Waals surface area contributed by atoms with E-state index >= 15 is 0 Å². The molecule has 2 nitrogen and oxygen atoms in total. The van der Waals surface area contributed by atoms with Crippen molar-refractivity contribution < 1.29 is 27.0 Å². The normalized spacial score (nSPS) is 12.8. The fraction of sp³-hybridized carbons (Fsp3) is 0.500. The Morgan fingerprint density at radius 3 is 1.90 bits per heavy atom. The molecule has 1 radical (unpaired) electrons. The Balaban J connectivity index is 2.95. The molecule has 1 unspecified atom stereocenters. The van der Waals surface area contributed by atoms with Gasteiger partial charge in [-0.15, -0.1) is 0 Å². The van der Waals surface area contributed by atoms with Gasteiger partial charge in [-0.3, -0.25) is 0 Å². The molecular weight excluding hydrogens is 276 g/mol. The largest absolute Gasteiger partial charge is 0.435 e. The van der Waals surface area contributed by atoms with Crippen LogP contribution < -0.4 is 9.47 Å². The number of unbranched alkanes of at least 4 members (excludes halogenated alkanes) is 1. The summed E-state index contributed by atoms with van der Waals surface area (Å²) in [5.41, 5.74) is 0.534. The topological polar surface area (TPSA) is 18.5 Å². The summed E-state index contributed by atoms with van der Waals surface area (Å²) in [6.45, 7) is -0.140. The van der Waals surface area contributed by atoms with E-state index in [9.17, 15) is 17.6 Å². The van der Waals surface area contributed by atoms with Crippen LogP contribution in [0.5, 0.6) is 11.5 Å². The zero-order valence-corrected chi connectivity index (χ0v) is 11.1. The Morgan fingerprint density at radius 1 is 1.00 bits per heavy atom. The van der Waals surface area contributed by atoms with Crippen molar-refractivity contribution in [1.82, 2.24) is 0 Å². The Morgan fingerprint density at radius 2 is 1.50 bits per heavy atom. The summed E-state index contributed by atoms with van der Waals surface area (Å²) >= 11 is 0. The number of benzene rings is 1. The van der Waals surface area contributed by atoms with E-state index in [0.717, 1.165) is 25.3 Å². The van der Waals surface area contributed by atoms with Gasteiger partial charge in [0.05, 0.1) is 0 Å². The van der Waals surface area contributed by atoms with Gasteiger partial charge in [0.2, 0.25) is 0 Å². The predicted octanol–water partition coefficient (Wildman–Crippen LogP) is 5.00. The third kappa shape index (κ3) is 5.67. The lowest BCUT2D eigenvalue weighted by Gasteiger charge is -2.15. The van der Waals surface area contributed by atoms with Gasteiger partial charge in [-0.2, -0.15) is 17.6 Å². The fourth-order valence-corrected chi connectivity index (χ4v) is 1.79. The maximum absolute atomic E-state index is 12.2. The van der Waals surface area contributed by atoms with Crippen molar-refractivity contribution in [3.8, 4) is 11.5 Å². The number of ether oxygens (including phenoxy) is 2.